The van der Waals surface area contributed by atoms with E-state index in [9.17, 15) is 14.0 Å². The summed E-state index contributed by atoms with van der Waals surface area (Å²) in [5.74, 6) is -2.77. The summed E-state index contributed by atoms with van der Waals surface area (Å²) in [5.41, 5.74) is -0.761. The number of aryl methyl sites for hydroxylation is 1. The molecule has 0 aliphatic carbocycles. The van der Waals surface area contributed by atoms with Crippen molar-refractivity contribution in [1.82, 2.24) is 15.2 Å². The fraction of sp³-hybridized carbons (Fsp3) is 0.0909. The lowest BCUT2D eigenvalue weighted by molar-refractivity contribution is 0.0697. The second-order valence-electron chi connectivity index (χ2n) is 3.67. The Hall–Kier alpha value is -2.77. The Morgan fingerprint density at radius 2 is 2.16 bits per heavy atom. The van der Waals surface area contributed by atoms with Gasteiger partial charge in [-0.05, 0) is 19.1 Å². The van der Waals surface area contributed by atoms with E-state index in [2.05, 4.69) is 20.5 Å². The minimum atomic E-state index is -1.35. The van der Waals surface area contributed by atoms with Crippen molar-refractivity contribution in [2.24, 2.45) is 0 Å². The molecule has 8 heteroatoms. The number of carbonyl (C=O) groups excluding carboxylic acids is 1. The molecule has 0 spiro atoms. The van der Waals surface area contributed by atoms with Crippen LogP contribution in [0.4, 0.5) is 10.1 Å². The number of hydrogen-bond acceptors (Lipinski definition) is 4. The van der Waals surface area contributed by atoms with E-state index in [1.165, 1.54) is 12.1 Å². The maximum Gasteiger partial charge on any atom is 0.337 e. The minimum Gasteiger partial charge on any atom is -0.478 e. The van der Waals surface area contributed by atoms with Crippen LogP contribution in [0.1, 0.15) is 26.8 Å². The first kappa shape index (κ1) is 12.7. The molecule has 2 aromatic rings. The van der Waals surface area contributed by atoms with Crippen LogP contribution in [0.15, 0.2) is 18.2 Å². The number of amides is 1. The standard InChI is InChI=1S/C11H9FN4O3/c1-5-13-9(16-15-5)10(17)14-8-6(11(18)19)3-2-4-7(8)12/h2-4H,1H3,(H,14,17)(H,18,19)(H,13,15,16). The van der Waals surface area contributed by atoms with Crippen LogP contribution < -0.4 is 5.32 Å². The van der Waals surface area contributed by atoms with E-state index < -0.39 is 23.4 Å². The smallest absolute Gasteiger partial charge is 0.337 e. The Labute approximate surface area is 106 Å². The largest absolute Gasteiger partial charge is 0.478 e. The number of carbonyl (C=O) groups is 2. The number of aromatic nitrogens is 3. The van der Waals surface area contributed by atoms with E-state index in [-0.39, 0.29) is 11.4 Å². The van der Waals surface area contributed by atoms with Crippen molar-refractivity contribution < 1.29 is 19.1 Å². The number of H-pyrrole nitrogens is 1. The van der Waals surface area contributed by atoms with Gasteiger partial charge >= 0.3 is 5.97 Å². The number of para-hydroxylation sites is 1. The third-order valence-corrected chi connectivity index (χ3v) is 2.28. The van der Waals surface area contributed by atoms with Gasteiger partial charge in [0.15, 0.2) is 0 Å². The molecule has 0 bridgehead atoms. The molecule has 0 aliphatic rings. The van der Waals surface area contributed by atoms with Gasteiger partial charge in [-0.15, -0.1) is 5.10 Å². The zero-order valence-electron chi connectivity index (χ0n) is 9.77. The van der Waals surface area contributed by atoms with Crippen molar-refractivity contribution in [2.75, 3.05) is 5.32 Å². The van der Waals surface area contributed by atoms with Crippen LogP contribution in [0, 0.1) is 12.7 Å². The summed E-state index contributed by atoms with van der Waals surface area (Å²) < 4.78 is 13.6. The Morgan fingerprint density at radius 1 is 1.42 bits per heavy atom. The van der Waals surface area contributed by atoms with Crippen molar-refractivity contribution in [3.63, 3.8) is 0 Å². The lowest BCUT2D eigenvalue weighted by Crippen LogP contribution is -2.17. The van der Waals surface area contributed by atoms with Crippen LogP contribution >= 0.6 is 0 Å². The number of benzene rings is 1. The number of anilines is 1. The molecule has 0 fully saturated rings. The molecule has 98 valence electrons. The number of aromatic carboxylic acids is 1. The Bertz CT molecular complexity index is 653. The first-order valence-electron chi connectivity index (χ1n) is 5.21. The number of nitrogens with zero attached hydrogens (tertiary/aromatic N) is 2. The first-order valence-corrected chi connectivity index (χ1v) is 5.21. The van der Waals surface area contributed by atoms with Crippen molar-refractivity contribution in [3.05, 3.63) is 41.2 Å². The van der Waals surface area contributed by atoms with Gasteiger partial charge in [-0.1, -0.05) is 6.07 Å². The summed E-state index contributed by atoms with van der Waals surface area (Å²) in [7, 11) is 0. The molecule has 2 rings (SSSR count). The second-order valence-corrected chi connectivity index (χ2v) is 3.67. The predicted octanol–water partition coefficient (Wildman–Crippen LogP) is 1.20. The van der Waals surface area contributed by atoms with Crippen molar-refractivity contribution in [2.45, 2.75) is 6.92 Å². The molecule has 3 N–H and O–H groups in total. The summed E-state index contributed by atoms with van der Waals surface area (Å²) in [6.45, 7) is 1.59. The lowest BCUT2D eigenvalue weighted by Gasteiger charge is -2.07. The van der Waals surface area contributed by atoms with E-state index in [0.717, 1.165) is 6.07 Å². The molecule has 1 aromatic heterocycles. The Morgan fingerprint density at radius 3 is 2.74 bits per heavy atom. The zero-order chi connectivity index (χ0) is 14.0. The normalized spacial score (nSPS) is 10.2. The van der Waals surface area contributed by atoms with E-state index >= 15 is 0 Å². The van der Waals surface area contributed by atoms with E-state index in [4.69, 9.17) is 5.11 Å². The van der Waals surface area contributed by atoms with Gasteiger partial charge < -0.3 is 10.4 Å². The number of hydrogen-bond donors (Lipinski definition) is 3. The van der Waals surface area contributed by atoms with Crippen LogP contribution in [-0.2, 0) is 0 Å². The number of aromatic amines is 1. The van der Waals surface area contributed by atoms with Crippen molar-refractivity contribution >= 4 is 17.6 Å². The number of carboxylic acid groups (broad SMARTS) is 1. The Balaban J connectivity index is 2.33. The molecule has 0 atom stereocenters. The quantitative estimate of drug-likeness (QED) is 0.772. The van der Waals surface area contributed by atoms with E-state index in [1.54, 1.807) is 6.92 Å². The van der Waals surface area contributed by atoms with Crippen molar-refractivity contribution in [3.8, 4) is 0 Å². The fourth-order valence-electron chi connectivity index (χ4n) is 1.44. The molecule has 19 heavy (non-hydrogen) atoms. The summed E-state index contributed by atoms with van der Waals surface area (Å²) in [6, 6.07) is 3.47. The lowest BCUT2D eigenvalue weighted by atomic mass is 10.1. The van der Waals surface area contributed by atoms with Crippen molar-refractivity contribution in [1.29, 1.82) is 0 Å². The number of halogens is 1. The second kappa shape index (κ2) is 4.84. The molecule has 0 unspecified atom stereocenters. The maximum absolute atomic E-state index is 13.6. The molecular formula is C11H9FN4O3. The molecule has 1 aromatic carbocycles. The molecule has 0 aliphatic heterocycles. The topological polar surface area (TPSA) is 108 Å². The molecule has 1 amide bonds. The summed E-state index contributed by atoms with van der Waals surface area (Å²) in [5, 5.41) is 17.1. The van der Waals surface area contributed by atoms with Gasteiger partial charge in [0.25, 0.3) is 5.91 Å². The van der Waals surface area contributed by atoms with E-state index in [1.807, 2.05) is 0 Å². The van der Waals surface area contributed by atoms with Gasteiger partial charge in [-0.3, -0.25) is 9.89 Å². The van der Waals surface area contributed by atoms with Crippen LogP contribution in [0.5, 0.6) is 0 Å². The number of rotatable bonds is 3. The highest BCUT2D eigenvalue weighted by atomic mass is 19.1. The van der Waals surface area contributed by atoms with E-state index in [0.29, 0.717) is 5.82 Å². The van der Waals surface area contributed by atoms with Crippen LogP contribution in [-0.4, -0.2) is 32.2 Å². The number of nitrogens with one attached hydrogen (secondary N) is 2. The van der Waals surface area contributed by atoms with Crippen LogP contribution in [0.2, 0.25) is 0 Å². The van der Waals surface area contributed by atoms with Gasteiger partial charge in [0, 0.05) is 0 Å². The molecule has 0 saturated heterocycles. The Kier molecular flexibility index (Phi) is 3.23. The van der Waals surface area contributed by atoms with Crippen LogP contribution in [0.25, 0.3) is 0 Å². The highest BCUT2D eigenvalue weighted by Gasteiger charge is 2.19. The van der Waals surface area contributed by atoms with Gasteiger partial charge in [0.2, 0.25) is 5.82 Å². The molecule has 7 nitrogen and oxygen atoms in total. The summed E-state index contributed by atoms with van der Waals surface area (Å²) in [6.07, 6.45) is 0. The predicted molar refractivity (Wildman–Crippen MR) is 62.4 cm³/mol. The van der Waals surface area contributed by atoms with Gasteiger partial charge in [-0.25, -0.2) is 14.2 Å². The van der Waals surface area contributed by atoms with Gasteiger partial charge in [0.1, 0.15) is 11.6 Å². The van der Waals surface area contributed by atoms with Crippen LogP contribution in [0.3, 0.4) is 0 Å². The zero-order valence-corrected chi connectivity index (χ0v) is 9.77. The molecular weight excluding hydrogens is 255 g/mol. The number of carboxylic acids is 1. The SMILES string of the molecule is Cc1nc(C(=O)Nc2c(F)cccc2C(=O)O)n[nH]1. The summed E-state index contributed by atoms with van der Waals surface area (Å²) >= 11 is 0. The summed E-state index contributed by atoms with van der Waals surface area (Å²) in [4.78, 5) is 26.4. The average Bonchev–Trinajstić information content (AvgIpc) is 2.78. The fourth-order valence-corrected chi connectivity index (χ4v) is 1.44. The minimum absolute atomic E-state index is 0.197. The average molecular weight is 264 g/mol. The maximum atomic E-state index is 13.6. The molecule has 1 heterocycles. The highest BCUT2D eigenvalue weighted by Crippen LogP contribution is 2.20. The van der Waals surface area contributed by atoms with Gasteiger partial charge in [0.05, 0.1) is 11.3 Å². The highest BCUT2D eigenvalue weighted by molar-refractivity contribution is 6.05. The molecule has 0 radical (unpaired) electrons. The first-order chi connectivity index (χ1) is 8.99. The third kappa shape index (κ3) is 2.57. The van der Waals surface area contributed by atoms with Gasteiger partial charge in [-0.2, -0.15) is 0 Å². The monoisotopic (exact) mass is 264 g/mol. The molecule has 0 saturated carbocycles. The third-order valence-electron chi connectivity index (χ3n) is 2.28.